The van der Waals surface area contributed by atoms with E-state index in [1.165, 1.54) is 12.1 Å². The van der Waals surface area contributed by atoms with Gasteiger partial charge >= 0.3 is 0 Å². The standard InChI is InChI=1S/C15H14BrFN2O2/c16-11-2-1-3-12(17)14(11)15(21)19-8-13(20)9-4-6-10(18)7-5-9/h1-7,13,20H,8,18H2,(H,19,21). The van der Waals surface area contributed by atoms with Crippen molar-refractivity contribution in [3.8, 4) is 0 Å². The lowest BCUT2D eigenvalue weighted by Crippen LogP contribution is -2.29. The SMILES string of the molecule is Nc1ccc(C(O)CNC(=O)c2c(F)cccc2Br)cc1. The lowest BCUT2D eigenvalue weighted by atomic mass is 10.1. The zero-order valence-electron chi connectivity index (χ0n) is 11.0. The molecule has 110 valence electrons. The van der Waals surface area contributed by atoms with Gasteiger partial charge in [0.25, 0.3) is 5.91 Å². The van der Waals surface area contributed by atoms with Crippen LogP contribution in [0.3, 0.4) is 0 Å². The molecule has 0 radical (unpaired) electrons. The second-order valence-electron chi connectivity index (χ2n) is 4.49. The lowest BCUT2D eigenvalue weighted by Gasteiger charge is -2.13. The third-order valence-corrected chi connectivity index (χ3v) is 3.63. The molecule has 0 aliphatic carbocycles. The first-order valence-corrected chi connectivity index (χ1v) is 7.04. The molecule has 0 bridgehead atoms. The van der Waals surface area contributed by atoms with Crippen LogP contribution in [0.4, 0.5) is 10.1 Å². The third-order valence-electron chi connectivity index (χ3n) is 2.97. The van der Waals surface area contributed by atoms with Gasteiger partial charge in [0.1, 0.15) is 5.82 Å². The Balaban J connectivity index is 2.02. The Hall–Kier alpha value is -1.92. The Morgan fingerprint density at radius 2 is 1.95 bits per heavy atom. The van der Waals surface area contributed by atoms with Crippen LogP contribution in [-0.2, 0) is 0 Å². The van der Waals surface area contributed by atoms with Gasteiger partial charge in [0.2, 0.25) is 0 Å². The molecular weight excluding hydrogens is 339 g/mol. The molecule has 0 heterocycles. The van der Waals surface area contributed by atoms with Gasteiger partial charge in [0, 0.05) is 16.7 Å². The maximum absolute atomic E-state index is 13.6. The van der Waals surface area contributed by atoms with Crippen molar-refractivity contribution in [3.05, 3.63) is 63.9 Å². The smallest absolute Gasteiger partial charge is 0.255 e. The van der Waals surface area contributed by atoms with E-state index < -0.39 is 17.8 Å². The molecule has 4 nitrogen and oxygen atoms in total. The van der Waals surface area contributed by atoms with Crippen molar-refractivity contribution in [2.75, 3.05) is 12.3 Å². The topological polar surface area (TPSA) is 75.3 Å². The Morgan fingerprint density at radius 1 is 1.29 bits per heavy atom. The van der Waals surface area contributed by atoms with E-state index in [1.807, 2.05) is 0 Å². The van der Waals surface area contributed by atoms with Crippen molar-refractivity contribution in [1.29, 1.82) is 0 Å². The maximum atomic E-state index is 13.6. The third kappa shape index (κ3) is 3.80. The highest BCUT2D eigenvalue weighted by molar-refractivity contribution is 9.10. The van der Waals surface area contributed by atoms with Crippen LogP contribution < -0.4 is 11.1 Å². The van der Waals surface area contributed by atoms with Gasteiger partial charge in [-0.05, 0) is 45.8 Å². The average molecular weight is 353 g/mol. The molecule has 1 amide bonds. The molecule has 2 aromatic rings. The number of amides is 1. The largest absolute Gasteiger partial charge is 0.399 e. The average Bonchev–Trinajstić information content (AvgIpc) is 2.45. The fourth-order valence-corrected chi connectivity index (χ4v) is 2.35. The van der Waals surface area contributed by atoms with Crippen LogP contribution in [0, 0.1) is 5.82 Å². The molecule has 1 unspecified atom stereocenters. The number of aliphatic hydroxyl groups is 1. The number of nitrogens with one attached hydrogen (secondary N) is 1. The summed E-state index contributed by atoms with van der Waals surface area (Å²) in [6, 6.07) is 10.9. The van der Waals surface area contributed by atoms with Gasteiger partial charge in [-0.1, -0.05) is 18.2 Å². The van der Waals surface area contributed by atoms with Crippen LogP contribution >= 0.6 is 15.9 Å². The molecule has 21 heavy (non-hydrogen) atoms. The minimum Gasteiger partial charge on any atom is -0.399 e. The number of anilines is 1. The van der Waals surface area contributed by atoms with E-state index in [2.05, 4.69) is 21.2 Å². The highest BCUT2D eigenvalue weighted by Gasteiger charge is 2.16. The molecule has 1 atom stereocenters. The number of benzene rings is 2. The zero-order chi connectivity index (χ0) is 15.4. The summed E-state index contributed by atoms with van der Waals surface area (Å²) in [5.74, 6) is -1.21. The molecule has 0 aliphatic rings. The number of rotatable bonds is 4. The fourth-order valence-electron chi connectivity index (χ4n) is 1.83. The second-order valence-corrected chi connectivity index (χ2v) is 5.34. The normalized spacial score (nSPS) is 12.0. The van der Waals surface area contributed by atoms with E-state index in [-0.39, 0.29) is 12.1 Å². The number of hydrogen-bond acceptors (Lipinski definition) is 3. The maximum Gasteiger partial charge on any atom is 0.255 e. The molecule has 0 aliphatic heterocycles. The minimum absolute atomic E-state index is 0.0243. The van der Waals surface area contributed by atoms with Crippen molar-refractivity contribution in [2.24, 2.45) is 0 Å². The van der Waals surface area contributed by atoms with Gasteiger partial charge in [0.15, 0.2) is 0 Å². The van der Waals surface area contributed by atoms with Crippen LogP contribution in [0.25, 0.3) is 0 Å². The van der Waals surface area contributed by atoms with Gasteiger partial charge in [-0.3, -0.25) is 4.79 Å². The van der Waals surface area contributed by atoms with Gasteiger partial charge < -0.3 is 16.2 Å². The summed E-state index contributed by atoms with van der Waals surface area (Å²) in [6.07, 6.45) is -0.889. The predicted octanol–water partition coefficient (Wildman–Crippen LogP) is 2.63. The Kier molecular flexibility index (Phi) is 4.93. The number of carbonyl (C=O) groups is 1. The Labute approximate surface area is 129 Å². The van der Waals surface area contributed by atoms with Gasteiger partial charge in [0.05, 0.1) is 11.7 Å². The van der Waals surface area contributed by atoms with Crippen molar-refractivity contribution in [3.63, 3.8) is 0 Å². The van der Waals surface area contributed by atoms with Gasteiger partial charge in [-0.15, -0.1) is 0 Å². The first kappa shape index (κ1) is 15.5. The van der Waals surface area contributed by atoms with E-state index in [1.54, 1.807) is 30.3 Å². The monoisotopic (exact) mass is 352 g/mol. The van der Waals surface area contributed by atoms with Crippen LogP contribution in [0.15, 0.2) is 46.9 Å². The molecule has 0 fully saturated rings. The molecule has 0 spiro atoms. The first-order chi connectivity index (χ1) is 9.99. The molecule has 4 N–H and O–H groups in total. The molecule has 2 rings (SSSR count). The summed E-state index contributed by atoms with van der Waals surface area (Å²) < 4.78 is 14.0. The van der Waals surface area contributed by atoms with Crippen LogP contribution in [-0.4, -0.2) is 17.6 Å². The summed E-state index contributed by atoms with van der Waals surface area (Å²) in [5.41, 5.74) is 6.69. The number of nitrogen functional groups attached to an aromatic ring is 1. The molecule has 0 saturated carbocycles. The first-order valence-electron chi connectivity index (χ1n) is 6.24. The van der Waals surface area contributed by atoms with E-state index in [9.17, 15) is 14.3 Å². The molecule has 2 aromatic carbocycles. The number of aliphatic hydroxyl groups excluding tert-OH is 1. The highest BCUT2D eigenvalue weighted by Crippen LogP contribution is 2.20. The summed E-state index contributed by atoms with van der Waals surface area (Å²) in [7, 11) is 0. The quantitative estimate of drug-likeness (QED) is 0.740. The Bertz CT molecular complexity index is 626. The molecular formula is C15H14BrFN2O2. The fraction of sp³-hybridized carbons (Fsp3) is 0.133. The van der Waals surface area contributed by atoms with Crippen LogP contribution in [0.2, 0.25) is 0 Å². The minimum atomic E-state index is -0.889. The zero-order valence-corrected chi connectivity index (χ0v) is 12.6. The van der Waals surface area contributed by atoms with E-state index in [0.29, 0.717) is 15.7 Å². The lowest BCUT2D eigenvalue weighted by molar-refractivity contribution is 0.0911. The van der Waals surface area contributed by atoms with Crippen LogP contribution in [0.1, 0.15) is 22.0 Å². The van der Waals surface area contributed by atoms with Gasteiger partial charge in [-0.2, -0.15) is 0 Å². The summed E-state index contributed by atoms with van der Waals surface area (Å²) >= 11 is 3.13. The van der Waals surface area contributed by atoms with Crippen LogP contribution in [0.5, 0.6) is 0 Å². The number of hydrogen-bond donors (Lipinski definition) is 3. The van der Waals surface area contributed by atoms with E-state index in [0.717, 1.165) is 0 Å². The highest BCUT2D eigenvalue weighted by atomic mass is 79.9. The number of halogens is 2. The molecule has 0 aromatic heterocycles. The number of carbonyl (C=O) groups excluding carboxylic acids is 1. The van der Waals surface area contributed by atoms with Crippen molar-refractivity contribution < 1.29 is 14.3 Å². The van der Waals surface area contributed by atoms with Crippen molar-refractivity contribution >= 4 is 27.5 Å². The van der Waals surface area contributed by atoms with Crippen molar-refractivity contribution in [1.82, 2.24) is 5.32 Å². The molecule has 0 saturated heterocycles. The van der Waals surface area contributed by atoms with E-state index in [4.69, 9.17) is 5.73 Å². The summed E-state index contributed by atoms with van der Waals surface area (Å²) in [5, 5.41) is 12.5. The Morgan fingerprint density at radius 3 is 2.57 bits per heavy atom. The molecule has 6 heteroatoms. The summed E-state index contributed by atoms with van der Waals surface area (Å²) in [6.45, 7) is -0.0243. The predicted molar refractivity (Wildman–Crippen MR) is 82.2 cm³/mol. The second kappa shape index (κ2) is 6.69. The summed E-state index contributed by atoms with van der Waals surface area (Å²) in [4.78, 5) is 12.0. The van der Waals surface area contributed by atoms with E-state index >= 15 is 0 Å². The van der Waals surface area contributed by atoms with Gasteiger partial charge in [-0.25, -0.2) is 4.39 Å². The van der Waals surface area contributed by atoms with Crippen molar-refractivity contribution in [2.45, 2.75) is 6.10 Å². The number of nitrogens with two attached hydrogens (primary N) is 1.